The van der Waals surface area contributed by atoms with Crippen molar-refractivity contribution in [3.63, 3.8) is 0 Å². The first-order valence-corrected chi connectivity index (χ1v) is 8.53. The van der Waals surface area contributed by atoms with Crippen molar-refractivity contribution in [2.24, 2.45) is 18.4 Å². The fourth-order valence-corrected chi connectivity index (χ4v) is 4.46. The summed E-state index contributed by atoms with van der Waals surface area (Å²) in [7, 11) is 1.87. The number of rotatable bonds is 3. The van der Waals surface area contributed by atoms with Crippen molar-refractivity contribution in [3.8, 4) is 0 Å². The van der Waals surface area contributed by atoms with Gasteiger partial charge in [0.1, 0.15) is 4.83 Å². The van der Waals surface area contributed by atoms with Gasteiger partial charge in [-0.05, 0) is 25.3 Å². The third kappa shape index (κ3) is 2.34. The number of carbonyl (C=O) groups excluding carboxylic acids is 1. The first kappa shape index (κ1) is 16.0. The Kier molecular flexibility index (Phi) is 3.71. The van der Waals surface area contributed by atoms with E-state index >= 15 is 0 Å². The molecule has 1 saturated heterocycles. The summed E-state index contributed by atoms with van der Waals surface area (Å²) in [5.74, 6) is -0.889. The molecular weight excluding hydrogens is 314 g/mol. The second-order valence-electron chi connectivity index (χ2n) is 6.63. The smallest absolute Gasteiger partial charge is 0.311 e. The van der Waals surface area contributed by atoms with Crippen LogP contribution in [0.1, 0.15) is 35.6 Å². The molecule has 1 amide bonds. The number of hydrogen-bond donors (Lipinski definition) is 1. The fraction of sp³-hybridized carbons (Fsp3) is 0.562. The number of carbonyl (C=O) groups is 2. The molecule has 1 fully saturated rings. The maximum Gasteiger partial charge on any atom is 0.311 e. The molecule has 1 unspecified atom stereocenters. The van der Waals surface area contributed by atoms with E-state index in [0.29, 0.717) is 17.8 Å². The van der Waals surface area contributed by atoms with Crippen LogP contribution in [0.5, 0.6) is 0 Å². The van der Waals surface area contributed by atoms with Gasteiger partial charge in [0.2, 0.25) is 0 Å². The zero-order valence-corrected chi connectivity index (χ0v) is 14.6. The highest BCUT2D eigenvalue weighted by atomic mass is 32.1. The van der Waals surface area contributed by atoms with Gasteiger partial charge in [0.05, 0.1) is 16.0 Å². The zero-order valence-electron chi connectivity index (χ0n) is 13.8. The van der Waals surface area contributed by atoms with Crippen LogP contribution in [0.2, 0.25) is 0 Å². The van der Waals surface area contributed by atoms with Crippen LogP contribution in [0.15, 0.2) is 6.07 Å². The number of likely N-dealkylation sites (tertiary alicyclic amines) is 1. The van der Waals surface area contributed by atoms with Crippen molar-refractivity contribution < 1.29 is 14.7 Å². The van der Waals surface area contributed by atoms with Crippen LogP contribution in [-0.4, -0.2) is 44.8 Å². The lowest BCUT2D eigenvalue weighted by Crippen LogP contribution is -2.40. The number of thiophene rings is 1. The summed E-state index contributed by atoms with van der Waals surface area (Å²) in [5, 5.41) is 14.9. The Morgan fingerprint density at radius 1 is 1.43 bits per heavy atom. The van der Waals surface area contributed by atoms with Crippen LogP contribution in [-0.2, 0) is 11.8 Å². The standard InChI is InChI=1S/C16H21N3O3S/c1-9(2)16(15(21)22)5-6-19(8-16)13(20)12-7-11-10(3)17-18(4)14(11)23-12/h7,9H,5-6,8H2,1-4H3,(H,21,22). The summed E-state index contributed by atoms with van der Waals surface area (Å²) in [6.07, 6.45) is 0.511. The number of amides is 1. The fourth-order valence-electron chi connectivity index (χ4n) is 3.37. The molecule has 0 saturated carbocycles. The average molecular weight is 335 g/mol. The highest BCUT2D eigenvalue weighted by Gasteiger charge is 2.48. The molecule has 2 aromatic rings. The van der Waals surface area contributed by atoms with E-state index in [4.69, 9.17) is 0 Å². The highest BCUT2D eigenvalue weighted by molar-refractivity contribution is 7.20. The first-order chi connectivity index (χ1) is 10.8. The molecule has 6 nitrogen and oxygen atoms in total. The van der Waals surface area contributed by atoms with Gasteiger partial charge < -0.3 is 10.0 Å². The normalized spacial score (nSPS) is 21.5. The minimum atomic E-state index is -0.830. The van der Waals surface area contributed by atoms with Crippen LogP contribution in [0.3, 0.4) is 0 Å². The summed E-state index contributed by atoms with van der Waals surface area (Å²) in [5.41, 5.74) is 0.0744. The molecule has 0 aliphatic carbocycles. The minimum Gasteiger partial charge on any atom is -0.481 e. The lowest BCUT2D eigenvalue weighted by molar-refractivity contribution is -0.150. The number of fused-ring (bicyclic) bond motifs is 1. The Labute approximate surface area is 138 Å². The van der Waals surface area contributed by atoms with E-state index in [2.05, 4.69) is 5.10 Å². The summed E-state index contributed by atoms with van der Waals surface area (Å²) in [4.78, 5) is 27.8. The van der Waals surface area contributed by atoms with Gasteiger partial charge in [0, 0.05) is 25.5 Å². The van der Waals surface area contributed by atoms with E-state index in [-0.39, 0.29) is 18.4 Å². The highest BCUT2D eigenvalue weighted by Crippen LogP contribution is 2.39. The van der Waals surface area contributed by atoms with E-state index < -0.39 is 11.4 Å². The molecular formula is C16H21N3O3S. The molecule has 0 spiro atoms. The summed E-state index contributed by atoms with van der Waals surface area (Å²) >= 11 is 1.42. The van der Waals surface area contributed by atoms with Crippen molar-refractivity contribution in [1.29, 1.82) is 0 Å². The molecule has 3 heterocycles. The maximum absolute atomic E-state index is 12.8. The summed E-state index contributed by atoms with van der Waals surface area (Å²) in [6.45, 7) is 6.53. The van der Waals surface area contributed by atoms with Crippen LogP contribution in [0, 0.1) is 18.3 Å². The van der Waals surface area contributed by atoms with E-state index in [1.54, 1.807) is 9.58 Å². The molecule has 0 bridgehead atoms. The monoisotopic (exact) mass is 335 g/mol. The molecule has 7 heteroatoms. The Hall–Kier alpha value is -1.89. The molecule has 0 aromatic carbocycles. The second-order valence-corrected chi connectivity index (χ2v) is 7.66. The molecule has 1 N–H and O–H groups in total. The Morgan fingerprint density at radius 3 is 2.65 bits per heavy atom. The molecule has 0 radical (unpaired) electrons. The quantitative estimate of drug-likeness (QED) is 0.935. The van der Waals surface area contributed by atoms with Gasteiger partial charge >= 0.3 is 5.97 Å². The summed E-state index contributed by atoms with van der Waals surface area (Å²) < 4.78 is 1.78. The van der Waals surface area contributed by atoms with Gasteiger partial charge in [0.15, 0.2) is 0 Å². The van der Waals surface area contributed by atoms with Gasteiger partial charge in [-0.2, -0.15) is 5.10 Å². The number of aryl methyl sites for hydroxylation is 2. The Balaban J connectivity index is 1.88. The molecule has 3 rings (SSSR count). The summed E-state index contributed by atoms with van der Waals surface area (Å²) in [6, 6.07) is 1.88. The minimum absolute atomic E-state index is 0.00773. The van der Waals surface area contributed by atoms with Crippen LogP contribution in [0.25, 0.3) is 10.2 Å². The van der Waals surface area contributed by atoms with E-state index in [9.17, 15) is 14.7 Å². The largest absolute Gasteiger partial charge is 0.481 e. The molecule has 1 aliphatic rings. The molecule has 23 heavy (non-hydrogen) atoms. The van der Waals surface area contributed by atoms with Crippen LogP contribution < -0.4 is 0 Å². The zero-order chi connectivity index (χ0) is 16.9. The third-order valence-electron chi connectivity index (χ3n) is 5.03. The van der Waals surface area contributed by atoms with Crippen molar-refractivity contribution in [1.82, 2.24) is 14.7 Å². The van der Waals surface area contributed by atoms with E-state index in [1.807, 2.05) is 33.9 Å². The molecule has 1 aliphatic heterocycles. The van der Waals surface area contributed by atoms with E-state index in [0.717, 1.165) is 15.9 Å². The Morgan fingerprint density at radius 2 is 2.13 bits per heavy atom. The maximum atomic E-state index is 12.8. The molecule has 1 atom stereocenters. The topological polar surface area (TPSA) is 75.4 Å². The predicted octanol–water partition coefficient (Wildman–Crippen LogP) is 2.52. The molecule has 2 aromatic heterocycles. The predicted molar refractivity (Wildman–Crippen MR) is 88.8 cm³/mol. The number of aliphatic carboxylic acids is 1. The number of carboxylic acid groups (broad SMARTS) is 1. The van der Waals surface area contributed by atoms with Crippen LogP contribution >= 0.6 is 11.3 Å². The lowest BCUT2D eigenvalue weighted by Gasteiger charge is -2.28. The number of carboxylic acids is 1. The van der Waals surface area contributed by atoms with Crippen molar-refractivity contribution in [2.75, 3.05) is 13.1 Å². The first-order valence-electron chi connectivity index (χ1n) is 7.72. The van der Waals surface area contributed by atoms with Crippen LogP contribution in [0.4, 0.5) is 0 Å². The molecule has 124 valence electrons. The van der Waals surface area contributed by atoms with Gasteiger partial charge in [-0.25, -0.2) is 0 Å². The van der Waals surface area contributed by atoms with E-state index in [1.165, 1.54) is 11.3 Å². The number of nitrogens with zero attached hydrogens (tertiary/aromatic N) is 3. The van der Waals surface area contributed by atoms with Crippen molar-refractivity contribution in [2.45, 2.75) is 27.2 Å². The number of hydrogen-bond acceptors (Lipinski definition) is 4. The van der Waals surface area contributed by atoms with Gasteiger partial charge in [0.25, 0.3) is 5.91 Å². The third-order valence-corrected chi connectivity index (χ3v) is 6.22. The van der Waals surface area contributed by atoms with Gasteiger partial charge in [-0.1, -0.05) is 13.8 Å². The second kappa shape index (κ2) is 5.33. The SMILES string of the molecule is Cc1nn(C)c2sc(C(=O)N3CCC(C(=O)O)(C(C)C)C3)cc12. The Bertz CT molecular complexity index is 757. The van der Waals surface area contributed by atoms with Gasteiger partial charge in [-0.15, -0.1) is 11.3 Å². The van der Waals surface area contributed by atoms with Crippen molar-refractivity contribution >= 4 is 33.4 Å². The number of aromatic nitrogens is 2. The van der Waals surface area contributed by atoms with Gasteiger partial charge in [-0.3, -0.25) is 14.3 Å². The van der Waals surface area contributed by atoms with Crippen molar-refractivity contribution in [3.05, 3.63) is 16.6 Å². The average Bonchev–Trinajstić information content (AvgIpc) is 3.16. The lowest BCUT2D eigenvalue weighted by atomic mass is 9.76.